The van der Waals surface area contributed by atoms with E-state index in [4.69, 9.17) is 0 Å². The maximum Gasteiger partial charge on any atom is 0.315 e. The Morgan fingerprint density at radius 2 is 1.87 bits per heavy atom. The van der Waals surface area contributed by atoms with Crippen molar-refractivity contribution in [1.82, 2.24) is 20.6 Å². The Morgan fingerprint density at radius 1 is 1.09 bits per heavy atom. The SMILES string of the molecule is O=C(NCc1ccnc(-c2ccncc2)c1)NC1CCCCC1. The molecule has 0 saturated heterocycles. The van der Waals surface area contributed by atoms with E-state index in [9.17, 15) is 4.79 Å². The number of amides is 2. The van der Waals surface area contributed by atoms with Gasteiger partial charge in [0.1, 0.15) is 0 Å². The first kappa shape index (κ1) is 15.5. The van der Waals surface area contributed by atoms with E-state index in [-0.39, 0.29) is 6.03 Å². The highest BCUT2D eigenvalue weighted by atomic mass is 16.2. The van der Waals surface area contributed by atoms with Gasteiger partial charge in [0.15, 0.2) is 0 Å². The van der Waals surface area contributed by atoms with Gasteiger partial charge < -0.3 is 10.6 Å². The zero-order chi connectivity index (χ0) is 15.9. The fraction of sp³-hybridized carbons (Fsp3) is 0.389. The maximum atomic E-state index is 12.0. The standard InChI is InChI=1S/C18H22N4O/c23-18(22-16-4-2-1-3-5-16)21-13-14-6-11-20-17(12-14)15-7-9-19-10-8-15/h6-12,16H,1-5,13H2,(H2,21,22,23). The summed E-state index contributed by atoms with van der Waals surface area (Å²) < 4.78 is 0. The number of carbonyl (C=O) groups excluding carboxylic acids is 1. The van der Waals surface area contributed by atoms with Crippen molar-refractivity contribution in [2.75, 3.05) is 0 Å². The monoisotopic (exact) mass is 310 g/mol. The van der Waals surface area contributed by atoms with Crippen LogP contribution in [0.4, 0.5) is 4.79 Å². The molecule has 1 aliphatic rings. The minimum absolute atomic E-state index is 0.0841. The summed E-state index contributed by atoms with van der Waals surface area (Å²) >= 11 is 0. The molecule has 0 unspecified atom stereocenters. The molecule has 0 aliphatic heterocycles. The lowest BCUT2D eigenvalue weighted by atomic mass is 9.96. The van der Waals surface area contributed by atoms with Crippen LogP contribution >= 0.6 is 0 Å². The highest BCUT2D eigenvalue weighted by Crippen LogP contribution is 2.18. The summed E-state index contributed by atoms with van der Waals surface area (Å²) in [6.07, 6.45) is 11.2. The van der Waals surface area contributed by atoms with Crippen molar-refractivity contribution in [1.29, 1.82) is 0 Å². The second kappa shape index (κ2) is 7.72. The number of rotatable bonds is 4. The first-order valence-electron chi connectivity index (χ1n) is 8.21. The molecule has 1 saturated carbocycles. The molecule has 2 amide bonds. The number of nitrogens with one attached hydrogen (secondary N) is 2. The Bertz CT molecular complexity index is 638. The van der Waals surface area contributed by atoms with Crippen molar-refractivity contribution in [2.45, 2.75) is 44.7 Å². The lowest BCUT2D eigenvalue weighted by Gasteiger charge is -2.22. The number of aromatic nitrogens is 2. The van der Waals surface area contributed by atoms with Crippen molar-refractivity contribution in [2.24, 2.45) is 0 Å². The summed E-state index contributed by atoms with van der Waals surface area (Å²) in [5.41, 5.74) is 2.94. The van der Waals surface area contributed by atoms with Gasteiger partial charge in [0, 0.05) is 36.7 Å². The van der Waals surface area contributed by atoms with Crippen LogP contribution in [0.5, 0.6) is 0 Å². The smallest absolute Gasteiger partial charge is 0.315 e. The highest BCUT2D eigenvalue weighted by molar-refractivity contribution is 5.74. The van der Waals surface area contributed by atoms with Crippen LogP contribution in [-0.2, 0) is 6.54 Å². The summed E-state index contributed by atoms with van der Waals surface area (Å²) in [4.78, 5) is 20.4. The zero-order valence-electron chi connectivity index (χ0n) is 13.2. The summed E-state index contributed by atoms with van der Waals surface area (Å²) in [5.74, 6) is 0. The summed E-state index contributed by atoms with van der Waals surface area (Å²) in [7, 11) is 0. The number of hydrogen-bond donors (Lipinski definition) is 2. The zero-order valence-corrected chi connectivity index (χ0v) is 13.2. The molecule has 0 radical (unpaired) electrons. The molecule has 1 fully saturated rings. The third-order valence-corrected chi connectivity index (χ3v) is 4.19. The van der Waals surface area contributed by atoms with E-state index in [0.29, 0.717) is 12.6 Å². The second-order valence-corrected chi connectivity index (χ2v) is 5.95. The van der Waals surface area contributed by atoms with Gasteiger partial charge in [-0.1, -0.05) is 19.3 Å². The average Bonchev–Trinajstić information content (AvgIpc) is 2.62. The number of pyridine rings is 2. The lowest BCUT2D eigenvalue weighted by Crippen LogP contribution is -2.42. The van der Waals surface area contributed by atoms with Crippen LogP contribution in [0.25, 0.3) is 11.3 Å². The van der Waals surface area contributed by atoms with Gasteiger partial charge in [0.25, 0.3) is 0 Å². The van der Waals surface area contributed by atoms with E-state index in [1.807, 2.05) is 24.3 Å². The molecule has 0 aromatic carbocycles. The third-order valence-electron chi connectivity index (χ3n) is 4.19. The van der Waals surface area contributed by atoms with Crippen LogP contribution in [0.1, 0.15) is 37.7 Å². The Labute approximate surface area is 136 Å². The molecule has 0 atom stereocenters. The van der Waals surface area contributed by atoms with Crippen LogP contribution in [0.15, 0.2) is 42.9 Å². The first-order chi connectivity index (χ1) is 11.3. The molecule has 23 heavy (non-hydrogen) atoms. The molecule has 5 nitrogen and oxygen atoms in total. The molecule has 2 heterocycles. The van der Waals surface area contributed by atoms with E-state index >= 15 is 0 Å². The maximum absolute atomic E-state index is 12.0. The van der Waals surface area contributed by atoms with Gasteiger partial charge in [-0.15, -0.1) is 0 Å². The molecule has 120 valence electrons. The Hall–Kier alpha value is -2.43. The second-order valence-electron chi connectivity index (χ2n) is 5.95. The van der Waals surface area contributed by atoms with Gasteiger partial charge in [-0.2, -0.15) is 0 Å². The third kappa shape index (κ3) is 4.52. The van der Waals surface area contributed by atoms with E-state index < -0.39 is 0 Å². The molecule has 0 spiro atoms. The number of urea groups is 1. The van der Waals surface area contributed by atoms with E-state index in [0.717, 1.165) is 29.7 Å². The predicted octanol–water partition coefficient (Wildman–Crippen LogP) is 3.28. The molecule has 3 rings (SSSR count). The van der Waals surface area contributed by atoms with Gasteiger partial charge in [-0.05, 0) is 42.7 Å². The molecular weight excluding hydrogens is 288 g/mol. The van der Waals surface area contributed by atoms with Crippen molar-refractivity contribution < 1.29 is 4.79 Å². The summed E-state index contributed by atoms with van der Waals surface area (Å²) in [6.45, 7) is 0.499. The van der Waals surface area contributed by atoms with Crippen molar-refractivity contribution in [3.63, 3.8) is 0 Å². The predicted molar refractivity (Wildman–Crippen MR) is 89.7 cm³/mol. The molecule has 2 aromatic rings. The first-order valence-corrected chi connectivity index (χ1v) is 8.21. The van der Waals surface area contributed by atoms with Crippen LogP contribution in [-0.4, -0.2) is 22.0 Å². The average molecular weight is 310 g/mol. The lowest BCUT2D eigenvalue weighted by molar-refractivity contribution is 0.232. The van der Waals surface area contributed by atoms with Gasteiger partial charge in [0.2, 0.25) is 0 Å². The fourth-order valence-electron chi connectivity index (χ4n) is 2.93. The number of hydrogen-bond acceptors (Lipinski definition) is 3. The topological polar surface area (TPSA) is 66.9 Å². The largest absolute Gasteiger partial charge is 0.335 e. The van der Waals surface area contributed by atoms with Crippen LogP contribution in [0, 0.1) is 0 Å². The van der Waals surface area contributed by atoms with Gasteiger partial charge in [-0.3, -0.25) is 9.97 Å². The van der Waals surface area contributed by atoms with E-state index in [1.54, 1.807) is 18.6 Å². The quantitative estimate of drug-likeness (QED) is 0.910. The van der Waals surface area contributed by atoms with E-state index in [2.05, 4.69) is 20.6 Å². The van der Waals surface area contributed by atoms with Crippen molar-refractivity contribution in [3.05, 3.63) is 48.4 Å². The van der Waals surface area contributed by atoms with Crippen LogP contribution in [0.3, 0.4) is 0 Å². The van der Waals surface area contributed by atoms with Gasteiger partial charge in [0.05, 0.1) is 5.69 Å². The molecule has 0 bridgehead atoms. The minimum atomic E-state index is -0.0841. The van der Waals surface area contributed by atoms with E-state index in [1.165, 1.54) is 19.3 Å². The minimum Gasteiger partial charge on any atom is -0.335 e. The summed E-state index contributed by atoms with van der Waals surface area (Å²) in [5, 5.41) is 6.00. The van der Waals surface area contributed by atoms with Crippen LogP contribution < -0.4 is 10.6 Å². The van der Waals surface area contributed by atoms with Crippen LogP contribution in [0.2, 0.25) is 0 Å². The fourth-order valence-corrected chi connectivity index (χ4v) is 2.93. The Kier molecular flexibility index (Phi) is 5.19. The number of carbonyl (C=O) groups is 1. The van der Waals surface area contributed by atoms with Crippen molar-refractivity contribution in [3.8, 4) is 11.3 Å². The molecule has 2 N–H and O–H groups in total. The molecule has 2 aromatic heterocycles. The van der Waals surface area contributed by atoms with Gasteiger partial charge >= 0.3 is 6.03 Å². The molecule has 1 aliphatic carbocycles. The summed E-state index contributed by atoms with van der Waals surface area (Å²) in [6, 6.07) is 8.01. The molecular formula is C18H22N4O. The normalized spacial score (nSPS) is 15.1. The van der Waals surface area contributed by atoms with Gasteiger partial charge in [-0.25, -0.2) is 4.79 Å². The highest BCUT2D eigenvalue weighted by Gasteiger charge is 2.15. The Morgan fingerprint density at radius 3 is 2.65 bits per heavy atom. The Balaban J connectivity index is 1.55. The number of nitrogens with zero attached hydrogens (tertiary/aromatic N) is 2. The molecule has 5 heteroatoms. The van der Waals surface area contributed by atoms with Crippen molar-refractivity contribution >= 4 is 6.03 Å².